The van der Waals surface area contributed by atoms with Gasteiger partial charge in [0.05, 0.1) is 16.5 Å². The number of carboxylic acids is 1. The highest BCUT2D eigenvalue weighted by Crippen LogP contribution is 2.22. The van der Waals surface area contributed by atoms with Gasteiger partial charge in [0.25, 0.3) is 0 Å². The molecule has 0 radical (unpaired) electrons. The first-order valence-corrected chi connectivity index (χ1v) is 6.26. The zero-order valence-corrected chi connectivity index (χ0v) is 11.4. The van der Waals surface area contributed by atoms with Gasteiger partial charge >= 0.3 is 5.97 Å². The molecule has 1 aromatic carbocycles. The molecule has 7 heteroatoms. The highest BCUT2D eigenvalue weighted by atomic mass is 35.5. The number of aliphatic carboxylic acids is 1. The molecule has 1 rings (SSSR count). The first-order valence-electron chi connectivity index (χ1n) is 5.51. The summed E-state index contributed by atoms with van der Waals surface area (Å²) >= 11 is 11.6. The SMILES string of the molecule is O=C(Cc1ccc(Cl)c(Cl)c1)N[C@H](CCO)C(=O)O. The Morgan fingerprint density at radius 3 is 2.47 bits per heavy atom. The summed E-state index contributed by atoms with van der Waals surface area (Å²) in [5.41, 5.74) is 0.625. The number of hydrogen-bond donors (Lipinski definition) is 3. The summed E-state index contributed by atoms with van der Waals surface area (Å²) in [6, 6.07) is 3.65. The van der Waals surface area contributed by atoms with Crippen LogP contribution in [-0.2, 0) is 16.0 Å². The van der Waals surface area contributed by atoms with E-state index < -0.39 is 17.9 Å². The van der Waals surface area contributed by atoms with Crippen molar-refractivity contribution in [2.75, 3.05) is 6.61 Å². The summed E-state index contributed by atoms with van der Waals surface area (Å²) in [4.78, 5) is 22.5. The lowest BCUT2D eigenvalue weighted by Crippen LogP contribution is -2.42. The van der Waals surface area contributed by atoms with E-state index in [4.69, 9.17) is 33.4 Å². The number of amides is 1. The molecule has 1 amide bonds. The monoisotopic (exact) mass is 305 g/mol. The minimum atomic E-state index is -1.18. The van der Waals surface area contributed by atoms with Crippen LogP contribution >= 0.6 is 23.2 Å². The molecule has 0 bridgehead atoms. The molecule has 0 fully saturated rings. The molecule has 1 aromatic rings. The molecular formula is C12H13Cl2NO4. The van der Waals surface area contributed by atoms with Gasteiger partial charge < -0.3 is 15.5 Å². The Balaban J connectivity index is 2.63. The minimum absolute atomic E-state index is 0.00784. The maximum absolute atomic E-state index is 11.7. The Morgan fingerprint density at radius 2 is 1.95 bits per heavy atom. The summed E-state index contributed by atoms with van der Waals surface area (Å²) in [7, 11) is 0. The number of carbonyl (C=O) groups is 2. The Morgan fingerprint density at radius 1 is 1.26 bits per heavy atom. The molecule has 5 nitrogen and oxygen atoms in total. The number of nitrogens with one attached hydrogen (secondary N) is 1. The topological polar surface area (TPSA) is 86.6 Å². The van der Waals surface area contributed by atoms with Crippen molar-refractivity contribution in [3.63, 3.8) is 0 Å². The Bertz CT molecular complexity index is 479. The van der Waals surface area contributed by atoms with Gasteiger partial charge in [0, 0.05) is 13.0 Å². The largest absolute Gasteiger partial charge is 0.480 e. The van der Waals surface area contributed by atoms with E-state index in [0.29, 0.717) is 15.6 Å². The Hall–Kier alpha value is -1.30. The zero-order valence-electron chi connectivity index (χ0n) is 9.90. The van der Waals surface area contributed by atoms with E-state index >= 15 is 0 Å². The van der Waals surface area contributed by atoms with Gasteiger partial charge in [0.1, 0.15) is 6.04 Å². The smallest absolute Gasteiger partial charge is 0.326 e. The molecule has 0 saturated carbocycles. The summed E-state index contributed by atoms with van der Waals surface area (Å²) < 4.78 is 0. The molecule has 0 aliphatic carbocycles. The third-order valence-corrected chi connectivity index (χ3v) is 3.14. The van der Waals surface area contributed by atoms with Crippen LogP contribution in [0.25, 0.3) is 0 Å². The second-order valence-electron chi connectivity index (χ2n) is 3.90. The van der Waals surface area contributed by atoms with Gasteiger partial charge in [-0.05, 0) is 17.7 Å². The Labute approximate surface area is 120 Å². The van der Waals surface area contributed by atoms with Crippen LogP contribution in [0.15, 0.2) is 18.2 Å². The number of hydrogen-bond acceptors (Lipinski definition) is 3. The molecule has 0 aliphatic heterocycles. The van der Waals surface area contributed by atoms with Crippen molar-refractivity contribution in [1.82, 2.24) is 5.32 Å². The third-order valence-electron chi connectivity index (χ3n) is 2.40. The lowest BCUT2D eigenvalue weighted by Gasteiger charge is -2.13. The van der Waals surface area contributed by atoms with Crippen molar-refractivity contribution in [3.8, 4) is 0 Å². The molecule has 0 saturated heterocycles. The van der Waals surface area contributed by atoms with E-state index in [1.54, 1.807) is 18.2 Å². The normalized spacial score (nSPS) is 11.9. The van der Waals surface area contributed by atoms with Gasteiger partial charge in [-0.2, -0.15) is 0 Å². The second-order valence-corrected chi connectivity index (χ2v) is 4.71. The van der Waals surface area contributed by atoms with Crippen LogP contribution in [-0.4, -0.2) is 34.7 Å². The predicted molar refractivity (Wildman–Crippen MR) is 71.4 cm³/mol. The standard InChI is InChI=1S/C12H13Cl2NO4/c13-8-2-1-7(5-9(8)14)6-11(17)15-10(3-4-16)12(18)19/h1-2,5,10,16H,3-4,6H2,(H,15,17)(H,18,19)/t10-/m1/s1. The van der Waals surface area contributed by atoms with Crippen LogP contribution in [0.2, 0.25) is 10.0 Å². The summed E-state index contributed by atoms with van der Waals surface area (Å²) in [6.07, 6.45) is -0.0471. The average molecular weight is 306 g/mol. The van der Waals surface area contributed by atoms with Crippen LogP contribution in [0.3, 0.4) is 0 Å². The summed E-state index contributed by atoms with van der Waals surface area (Å²) in [6.45, 7) is -0.315. The van der Waals surface area contributed by atoms with Gasteiger partial charge in [-0.1, -0.05) is 29.3 Å². The molecular weight excluding hydrogens is 293 g/mol. The number of halogens is 2. The zero-order chi connectivity index (χ0) is 14.4. The van der Waals surface area contributed by atoms with Gasteiger partial charge in [-0.25, -0.2) is 4.79 Å². The lowest BCUT2D eigenvalue weighted by molar-refractivity contribution is -0.142. The molecule has 19 heavy (non-hydrogen) atoms. The first kappa shape index (κ1) is 15.8. The molecule has 0 aromatic heterocycles. The molecule has 3 N–H and O–H groups in total. The number of carbonyl (C=O) groups excluding carboxylic acids is 1. The van der Waals surface area contributed by atoms with Gasteiger partial charge in [0.2, 0.25) is 5.91 Å². The fourth-order valence-electron chi connectivity index (χ4n) is 1.47. The quantitative estimate of drug-likeness (QED) is 0.743. The number of aliphatic hydroxyl groups excluding tert-OH is 1. The predicted octanol–water partition coefficient (Wildman–Crippen LogP) is 1.49. The number of benzene rings is 1. The van der Waals surface area contributed by atoms with E-state index in [9.17, 15) is 9.59 Å². The van der Waals surface area contributed by atoms with Gasteiger partial charge in [-0.15, -0.1) is 0 Å². The highest BCUT2D eigenvalue weighted by Gasteiger charge is 2.19. The van der Waals surface area contributed by atoms with Crippen molar-refractivity contribution in [2.24, 2.45) is 0 Å². The van der Waals surface area contributed by atoms with Crippen LogP contribution in [0.4, 0.5) is 0 Å². The fraction of sp³-hybridized carbons (Fsp3) is 0.333. The van der Waals surface area contributed by atoms with E-state index in [0.717, 1.165) is 0 Å². The van der Waals surface area contributed by atoms with Gasteiger partial charge in [-0.3, -0.25) is 4.79 Å². The van der Waals surface area contributed by atoms with Crippen molar-refractivity contribution in [3.05, 3.63) is 33.8 Å². The lowest BCUT2D eigenvalue weighted by atomic mass is 10.1. The van der Waals surface area contributed by atoms with Crippen molar-refractivity contribution in [1.29, 1.82) is 0 Å². The molecule has 1 atom stereocenters. The van der Waals surface area contributed by atoms with Gasteiger partial charge in [0.15, 0.2) is 0 Å². The van der Waals surface area contributed by atoms with E-state index in [-0.39, 0.29) is 19.4 Å². The summed E-state index contributed by atoms with van der Waals surface area (Å²) in [5, 5.41) is 20.6. The second kappa shape index (κ2) is 7.33. The molecule has 0 spiro atoms. The molecule has 0 aliphatic rings. The highest BCUT2D eigenvalue weighted by molar-refractivity contribution is 6.42. The van der Waals surface area contributed by atoms with E-state index in [1.807, 2.05) is 0 Å². The van der Waals surface area contributed by atoms with Crippen LogP contribution in [0.1, 0.15) is 12.0 Å². The van der Waals surface area contributed by atoms with E-state index in [1.165, 1.54) is 0 Å². The molecule has 104 valence electrons. The average Bonchev–Trinajstić information content (AvgIpc) is 2.33. The minimum Gasteiger partial charge on any atom is -0.480 e. The first-order chi connectivity index (χ1) is 8.93. The number of carboxylic acid groups (broad SMARTS) is 1. The number of aliphatic hydroxyl groups is 1. The third kappa shape index (κ3) is 5.06. The van der Waals surface area contributed by atoms with Crippen molar-refractivity contribution >= 4 is 35.1 Å². The maximum Gasteiger partial charge on any atom is 0.326 e. The van der Waals surface area contributed by atoms with Crippen molar-refractivity contribution < 1.29 is 19.8 Å². The van der Waals surface area contributed by atoms with Crippen LogP contribution in [0, 0.1) is 0 Å². The molecule has 0 unspecified atom stereocenters. The van der Waals surface area contributed by atoms with Crippen LogP contribution < -0.4 is 5.32 Å². The number of rotatable bonds is 6. The Kier molecular flexibility index (Phi) is 6.08. The maximum atomic E-state index is 11.7. The fourth-order valence-corrected chi connectivity index (χ4v) is 1.79. The van der Waals surface area contributed by atoms with E-state index in [2.05, 4.69) is 5.32 Å². The van der Waals surface area contributed by atoms with Crippen molar-refractivity contribution in [2.45, 2.75) is 18.9 Å². The van der Waals surface area contributed by atoms with Crippen LogP contribution in [0.5, 0.6) is 0 Å². The summed E-state index contributed by atoms with van der Waals surface area (Å²) in [5.74, 6) is -1.64. The molecule has 0 heterocycles.